The summed E-state index contributed by atoms with van der Waals surface area (Å²) in [6, 6.07) is 7.71. The van der Waals surface area contributed by atoms with Gasteiger partial charge in [-0.3, -0.25) is 9.00 Å². The molecular weight excluding hydrogens is 234 g/mol. The minimum atomic E-state index is -0.739. The Labute approximate surface area is 105 Å². The standard InChI is InChI=1S/C13H19NO2S/c1-10(8-9-17(3)16)14-13-6-4-12(5-7-13)11(2)15/h4-7,10,14H,8-9H2,1-3H3. The van der Waals surface area contributed by atoms with Crippen molar-refractivity contribution in [1.82, 2.24) is 0 Å². The fraction of sp³-hybridized carbons (Fsp3) is 0.462. The van der Waals surface area contributed by atoms with Gasteiger partial charge in [0.15, 0.2) is 5.78 Å². The summed E-state index contributed by atoms with van der Waals surface area (Å²) < 4.78 is 11.0. The normalized spacial score (nSPS) is 14.1. The second-order valence-corrected chi connectivity index (χ2v) is 5.80. The number of carbonyl (C=O) groups excluding carboxylic acids is 1. The van der Waals surface area contributed by atoms with Gasteiger partial charge in [-0.15, -0.1) is 0 Å². The number of rotatable bonds is 6. The highest BCUT2D eigenvalue weighted by atomic mass is 32.2. The lowest BCUT2D eigenvalue weighted by Gasteiger charge is -2.14. The quantitative estimate of drug-likeness (QED) is 0.792. The van der Waals surface area contributed by atoms with Crippen molar-refractivity contribution in [2.75, 3.05) is 17.3 Å². The fourth-order valence-electron chi connectivity index (χ4n) is 1.50. The number of hydrogen-bond acceptors (Lipinski definition) is 3. The van der Waals surface area contributed by atoms with Gasteiger partial charge in [-0.2, -0.15) is 0 Å². The second kappa shape index (κ2) is 6.55. The molecule has 17 heavy (non-hydrogen) atoms. The second-order valence-electron chi connectivity index (χ2n) is 4.24. The van der Waals surface area contributed by atoms with Gasteiger partial charge in [-0.05, 0) is 44.5 Å². The topological polar surface area (TPSA) is 46.2 Å². The molecule has 0 aliphatic rings. The van der Waals surface area contributed by atoms with Crippen LogP contribution >= 0.6 is 0 Å². The molecule has 94 valence electrons. The molecule has 1 rings (SSSR count). The molecule has 3 nitrogen and oxygen atoms in total. The summed E-state index contributed by atoms with van der Waals surface area (Å²) in [5.41, 5.74) is 1.71. The molecule has 0 heterocycles. The van der Waals surface area contributed by atoms with Gasteiger partial charge >= 0.3 is 0 Å². The molecule has 0 aromatic heterocycles. The van der Waals surface area contributed by atoms with Crippen LogP contribution in [-0.2, 0) is 10.8 Å². The fourth-order valence-corrected chi connectivity index (χ4v) is 2.19. The number of ketones is 1. The summed E-state index contributed by atoms with van der Waals surface area (Å²) in [6.45, 7) is 3.62. The van der Waals surface area contributed by atoms with E-state index in [9.17, 15) is 9.00 Å². The molecule has 0 saturated carbocycles. The lowest BCUT2D eigenvalue weighted by atomic mass is 10.1. The number of nitrogens with one attached hydrogen (secondary N) is 1. The Balaban J connectivity index is 2.51. The molecule has 2 unspecified atom stereocenters. The maximum atomic E-state index is 11.1. The van der Waals surface area contributed by atoms with Crippen molar-refractivity contribution in [3.8, 4) is 0 Å². The average molecular weight is 253 g/mol. The Kier molecular flexibility index (Phi) is 5.35. The van der Waals surface area contributed by atoms with Crippen molar-refractivity contribution in [3.05, 3.63) is 29.8 Å². The highest BCUT2D eigenvalue weighted by Crippen LogP contribution is 2.12. The van der Waals surface area contributed by atoms with E-state index in [1.807, 2.05) is 24.3 Å². The average Bonchev–Trinajstić information content (AvgIpc) is 2.27. The van der Waals surface area contributed by atoms with Crippen molar-refractivity contribution in [3.63, 3.8) is 0 Å². The van der Waals surface area contributed by atoms with Crippen LogP contribution in [0.3, 0.4) is 0 Å². The molecule has 2 atom stereocenters. The summed E-state index contributed by atoms with van der Waals surface area (Å²) in [7, 11) is -0.739. The van der Waals surface area contributed by atoms with E-state index in [2.05, 4.69) is 12.2 Å². The summed E-state index contributed by atoms with van der Waals surface area (Å²) in [6.07, 6.45) is 2.59. The zero-order chi connectivity index (χ0) is 12.8. The maximum Gasteiger partial charge on any atom is 0.159 e. The molecule has 0 radical (unpaired) electrons. The molecule has 0 bridgehead atoms. The summed E-state index contributed by atoms with van der Waals surface area (Å²) in [5, 5.41) is 3.32. The van der Waals surface area contributed by atoms with Crippen LogP contribution in [0.25, 0.3) is 0 Å². The van der Waals surface area contributed by atoms with Gasteiger partial charge in [-0.25, -0.2) is 0 Å². The van der Waals surface area contributed by atoms with Gasteiger partial charge in [0.05, 0.1) is 0 Å². The van der Waals surface area contributed by atoms with Crippen LogP contribution in [0.2, 0.25) is 0 Å². The third kappa shape index (κ3) is 5.13. The molecule has 0 saturated heterocycles. The largest absolute Gasteiger partial charge is 0.383 e. The Hall–Kier alpha value is -1.16. The minimum absolute atomic E-state index is 0.0750. The van der Waals surface area contributed by atoms with Crippen molar-refractivity contribution >= 4 is 22.3 Å². The van der Waals surface area contributed by atoms with E-state index >= 15 is 0 Å². The third-order valence-corrected chi connectivity index (χ3v) is 3.35. The molecular formula is C13H19NO2S. The first-order valence-corrected chi connectivity index (χ1v) is 7.39. The van der Waals surface area contributed by atoms with E-state index in [4.69, 9.17) is 0 Å². The molecule has 1 N–H and O–H groups in total. The highest BCUT2D eigenvalue weighted by Gasteiger charge is 2.04. The van der Waals surface area contributed by atoms with Gasteiger partial charge in [0.1, 0.15) is 0 Å². The van der Waals surface area contributed by atoms with Crippen LogP contribution in [0.1, 0.15) is 30.6 Å². The third-order valence-electron chi connectivity index (χ3n) is 2.54. The lowest BCUT2D eigenvalue weighted by Crippen LogP contribution is -2.17. The summed E-state index contributed by atoms with van der Waals surface area (Å²) >= 11 is 0. The van der Waals surface area contributed by atoms with E-state index in [0.29, 0.717) is 5.75 Å². The predicted molar refractivity (Wildman–Crippen MR) is 73.1 cm³/mol. The number of hydrogen-bond donors (Lipinski definition) is 1. The van der Waals surface area contributed by atoms with Crippen molar-refractivity contribution in [2.24, 2.45) is 0 Å². The van der Waals surface area contributed by atoms with Crippen LogP contribution < -0.4 is 5.32 Å². The van der Waals surface area contributed by atoms with E-state index < -0.39 is 10.8 Å². The van der Waals surface area contributed by atoms with Crippen molar-refractivity contribution in [2.45, 2.75) is 26.3 Å². The van der Waals surface area contributed by atoms with Gasteiger partial charge in [-0.1, -0.05) is 0 Å². The Morgan fingerprint density at radius 1 is 1.35 bits per heavy atom. The van der Waals surface area contributed by atoms with Gasteiger partial charge < -0.3 is 5.32 Å². The highest BCUT2D eigenvalue weighted by molar-refractivity contribution is 7.84. The molecule has 0 fully saturated rings. The predicted octanol–water partition coefficient (Wildman–Crippen LogP) is 2.46. The van der Waals surface area contributed by atoms with E-state index in [-0.39, 0.29) is 11.8 Å². The van der Waals surface area contributed by atoms with E-state index in [1.54, 1.807) is 13.2 Å². The van der Waals surface area contributed by atoms with E-state index in [1.165, 1.54) is 0 Å². The van der Waals surface area contributed by atoms with Gasteiger partial charge in [0.25, 0.3) is 0 Å². The summed E-state index contributed by atoms with van der Waals surface area (Å²) in [4.78, 5) is 11.1. The first-order chi connectivity index (χ1) is 7.99. The summed E-state index contributed by atoms with van der Waals surface area (Å²) in [5.74, 6) is 0.783. The van der Waals surface area contributed by atoms with Gasteiger partial charge in [0, 0.05) is 40.1 Å². The molecule has 0 spiro atoms. The number of benzene rings is 1. The van der Waals surface area contributed by atoms with Crippen LogP contribution in [0, 0.1) is 0 Å². The van der Waals surface area contributed by atoms with Crippen molar-refractivity contribution in [1.29, 1.82) is 0 Å². The first kappa shape index (κ1) is 13.9. The van der Waals surface area contributed by atoms with E-state index in [0.717, 1.165) is 17.7 Å². The molecule has 0 amide bonds. The number of carbonyl (C=O) groups is 1. The zero-order valence-corrected chi connectivity index (χ0v) is 11.3. The Morgan fingerprint density at radius 2 is 1.94 bits per heavy atom. The van der Waals surface area contributed by atoms with Crippen molar-refractivity contribution < 1.29 is 9.00 Å². The van der Waals surface area contributed by atoms with Crippen LogP contribution in [0.4, 0.5) is 5.69 Å². The minimum Gasteiger partial charge on any atom is -0.383 e. The van der Waals surface area contributed by atoms with Crippen LogP contribution in [0.15, 0.2) is 24.3 Å². The molecule has 4 heteroatoms. The SMILES string of the molecule is CC(=O)c1ccc(NC(C)CCS(C)=O)cc1. The Bertz CT molecular complexity index is 400. The zero-order valence-electron chi connectivity index (χ0n) is 10.5. The first-order valence-electron chi connectivity index (χ1n) is 5.66. The molecule has 1 aromatic rings. The maximum absolute atomic E-state index is 11.1. The Morgan fingerprint density at radius 3 is 2.41 bits per heavy atom. The molecule has 0 aliphatic heterocycles. The van der Waals surface area contributed by atoms with Crippen LogP contribution in [0.5, 0.6) is 0 Å². The molecule has 0 aliphatic carbocycles. The number of Topliss-reactive ketones (excluding diaryl/α,β-unsaturated/α-hetero) is 1. The van der Waals surface area contributed by atoms with Gasteiger partial charge in [0.2, 0.25) is 0 Å². The number of anilines is 1. The smallest absolute Gasteiger partial charge is 0.159 e. The molecule has 1 aromatic carbocycles. The monoisotopic (exact) mass is 253 g/mol. The lowest BCUT2D eigenvalue weighted by molar-refractivity contribution is 0.101. The van der Waals surface area contributed by atoms with Crippen LogP contribution in [-0.4, -0.2) is 28.0 Å².